The van der Waals surface area contributed by atoms with Crippen molar-refractivity contribution in [2.24, 2.45) is 4.99 Å². The number of hydrogen-bond donors (Lipinski definition) is 2. The summed E-state index contributed by atoms with van der Waals surface area (Å²) >= 11 is 0. The maximum atomic E-state index is 4.64. The summed E-state index contributed by atoms with van der Waals surface area (Å²) in [4.78, 5) is 8.03. The lowest BCUT2D eigenvalue weighted by molar-refractivity contribution is 1.29. The minimum atomic E-state index is 0.934. The van der Waals surface area contributed by atoms with Gasteiger partial charge in [0.1, 0.15) is 0 Å². The number of aromatic amines is 1. The molecule has 4 aromatic rings. The smallest absolute Gasteiger partial charge is 0.0631 e. The van der Waals surface area contributed by atoms with Gasteiger partial charge in [-0.05, 0) is 49.4 Å². The first-order valence-corrected chi connectivity index (χ1v) is 8.33. The number of rotatable bonds is 4. The van der Waals surface area contributed by atoms with Crippen LogP contribution < -0.4 is 5.32 Å². The molecule has 4 rings (SSSR count). The topological polar surface area (TPSA) is 40.2 Å². The third-order valence-electron chi connectivity index (χ3n) is 4.22. The van der Waals surface area contributed by atoms with E-state index >= 15 is 0 Å². The summed E-state index contributed by atoms with van der Waals surface area (Å²) in [6.45, 7) is 2.08. The zero-order valence-corrected chi connectivity index (χ0v) is 14.0. The fraction of sp³-hybridized carbons (Fsp3) is 0.0455. The largest absolute Gasteiger partial charge is 0.358 e. The molecular formula is C22H19N3. The van der Waals surface area contributed by atoms with Gasteiger partial charge in [0.2, 0.25) is 0 Å². The number of fused-ring (bicyclic) bond motifs is 1. The molecule has 25 heavy (non-hydrogen) atoms. The highest BCUT2D eigenvalue weighted by Gasteiger charge is 2.05. The Morgan fingerprint density at radius 3 is 2.28 bits per heavy atom. The molecule has 0 fully saturated rings. The monoisotopic (exact) mass is 325 g/mol. The zero-order valence-electron chi connectivity index (χ0n) is 14.0. The van der Waals surface area contributed by atoms with Crippen LogP contribution in [0.1, 0.15) is 11.3 Å². The molecule has 0 unspecified atom stereocenters. The van der Waals surface area contributed by atoms with Crippen LogP contribution >= 0.6 is 0 Å². The summed E-state index contributed by atoms with van der Waals surface area (Å²) in [6, 6.07) is 26.6. The summed E-state index contributed by atoms with van der Waals surface area (Å²) in [6.07, 6.45) is 1.94. The fourth-order valence-corrected chi connectivity index (χ4v) is 2.92. The van der Waals surface area contributed by atoms with Crippen molar-refractivity contribution in [2.75, 3.05) is 5.32 Å². The summed E-state index contributed by atoms with van der Waals surface area (Å²) in [5.41, 5.74) is 6.48. The minimum absolute atomic E-state index is 0.934. The fourth-order valence-electron chi connectivity index (χ4n) is 2.92. The van der Waals surface area contributed by atoms with Crippen LogP contribution in [0.4, 0.5) is 17.1 Å². The number of aliphatic imine (C=N–C) groups is 1. The number of hydrogen-bond acceptors (Lipinski definition) is 2. The van der Waals surface area contributed by atoms with Gasteiger partial charge in [-0.2, -0.15) is 0 Å². The van der Waals surface area contributed by atoms with E-state index in [2.05, 4.69) is 40.4 Å². The van der Waals surface area contributed by atoms with E-state index in [9.17, 15) is 0 Å². The Kier molecular flexibility index (Phi) is 4.05. The Morgan fingerprint density at radius 2 is 1.48 bits per heavy atom. The van der Waals surface area contributed by atoms with Crippen molar-refractivity contribution in [3.05, 3.63) is 90.1 Å². The van der Waals surface area contributed by atoms with Gasteiger partial charge < -0.3 is 10.3 Å². The van der Waals surface area contributed by atoms with E-state index < -0.39 is 0 Å². The van der Waals surface area contributed by atoms with Crippen LogP contribution in [0.5, 0.6) is 0 Å². The maximum Gasteiger partial charge on any atom is 0.0631 e. The van der Waals surface area contributed by atoms with Crippen LogP contribution in [0, 0.1) is 6.92 Å². The van der Waals surface area contributed by atoms with Gasteiger partial charge in [-0.25, -0.2) is 0 Å². The highest BCUT2D eigenvalue weighted by Crippen LogP contribution is 2.23. The molecule has 0 saturated heterocycles. The van der Waals surface area contributed by atoms with E-state index in [0.29, 0.717) is 0 Å². The minimum Gasteiger partial charge on any atom is -0.358 e. The molecule has 0 aliphatic carbocycles. The predicted molar refractivity (Wildman–Crippen MR) is 106 cm³/mol. The first kappa shape index (κ1) is 15.2. The molecule has 0 radical (unpaired) electrons. The average molecular weight is 325 g/mol. The van der Waals surface area contributed by atoms with Gasteiger partial charge in [-0.3, -0.25) is 4.99 Å². The van der Waals surface area contributed by atoms with Crippen LogP contribution in [0.3, 0.4) is 0 Å². The number of benzene rings is 3. The molecule has 0 atom stereocenters. The van der Waals surface area contributed by atoms with Crippen LogP contribution in [0.25, 0.3) is 10.9 Å². The Balaban J connectivity index is 1.54. The number of H-pyrrole nitrogens is 1. The van der Waals surface area contributed by atoms with E-state index in [4.69, 9.17) is 0 Å². The number of aryl methyl sites for hydroxylation is 1. The predicted octanol–water partition coefficient (Wildman–Crippen LogP) is 5.97. The second-order valence-electron chi connectivity index (χ2n) is 6.01. The number of nitrogens with one attached hydrogen (secondary N) is 2. The second kappa shape index (κ2) is 6.65. The van der Waals surface area contributed by atoms with Gasteiger partial charge >= 0.3 is 0 Å². The molecule has 2 N–H and O–H groups in total. The lowest BCUT2D eigenvalue weighted by Crippen LogP contribution is -1.88. The van der Waals surface area contributed by atoms with Gasteiger partial charge in [0.25, 0.3) is 0 Å². The van der Waals surface area contributed by atoms with Gasteiger partial charge in [0.05, 0.1) is 5.69 Å². The van der Waals surface area contributed by atoms with Crippen molar-refractivity contribution >= 4 is 34.2 Å². The Morgan fingerprint density at radius 1 is 0.800 bits per heavy atom. The molecule has 1 heterocycles. The van der Waals surface area contributed by atoms with Crippen molar-refractivity contribution in [3.8, 4) is 0 Å². The molecule has 1 aromatic heterocycles. The van der Waals surface area contributed by atoms with E-state index in [1.807, 2.05) is 66.9 Å². The van der Waals surface area contributed by atoms with Crippen LogP contribution in [-0.4, -0.2) is 11.2 Å². The number of anilines is 2. The molecule has 0 bridgehead atoms. The normalized spacial score (nSPS) is 11.2. The first-order valence-electron chi connectivity index (χ1n) is 8.33. The highest BCUT2D eigenvalue weighted by atomic mass is 14.9. The SMILES string of the molecule is Cc1[nH]c2ccccc2c1C=Nc1ccc(Nc2ccccc2)cc1. The van der Waals surface area contributed by atoms with E-state index in [1.54, 1.807) is 0 Å². The molecule has 0 aliphatic rings. The standard InChI is InChI=1S/C22H19N3/c1-16-21(20-9-5-6-10-22(20)24-16)15-23-17-11-13-19(14-12-17)25-18-7-3-2-4-8-18/h2-15,24-25H,1H3. The van der Waals surface area contributed by atoms with Gasteiger partial charge in [-0.15, -0.1) is 0 Å². The van der Waals surface area contributed by atoms with E-state index in [1.165, 1.54) is 5.39 Å². The maximum absolute atomic E-state index is 4.64. The van der Waals surface area contributed by atoms with Gasteiger partial charge in [0.15, 0.2) is 0 Å². The third-order valence-corrected chi connectivity index (χ3v) is 4.22. The third kappa shape index (κ3) is 3.31. The highest BCUT2D eigenvalue weighted by molar-refractivity contribution is 6.01. The molecule has 3 nitrogen and oxygen atoms in total. The Bertz CT molecular complexity index is 1010. The van der Waals surface area contributed by atoms with Gasteiger partial charge in [-0.1, -0.05) is 36.4 Å². The number of aromatic nitrogens is 1. The van der Waals surface area contributed by atoms with E-state index in [0.717, 1.165) is 33.8 Å². The molecule has 3 heteroatoms. The summed E-state index contributed by atoms with van der Waals surface area (Å²) in [5.74, 6) is 0. The van der Waals surface area contributed by atoms with E-state index in [-0.39, 0.29) is 0 Å². The molecule has 3 aromatic carbocycles. The second-order valence-corrected chi connectivity index (χ2v) is 6.01. The molecule has 0 saturated carbocycles. The van der Waals surface area contributed by atoms with Crippen molar-refractivity contribution in [3.63, 3.8) is 0 Å². The summed E-state index contributed by atoms with van der Waals surface area (Å²) in [5, 5.41) is 4.58. The molecule has 0 aliphatic heterocycles. The van der Waals surface area contributed by atoms with Crippen molar-refractivity contribution < 1.29 is 0 Å². The zero-order chi connectivity index (χ0) is 17.1. The number of nitrogens with zero attached hydrogens (tertiary/aromatic N) is 1. The van der Waals surface area contributed by atoms with Crippen LogP contribution in [-0.2, 0) is 0 Å². The summed E-state index contributed by atoms with van der Waals surface area (Å²) in [7, 11) is 0. The molecule has 0 amide bonds. The lowest BCUT2D eigenvalue weighted by Gasteiger charge is -2.06. The van der Waals surface area contributed by atoms with Crippen molar-refractivity contribution in [2.45, 2.75) is 6.92 Å². The van der Waals surface area contributed by atoms with Gasteiger partial charge in [0, 0.05) is 39.7 Å². The first-order chi connectivity index (χ1) is 12.3. The Hall–Kier alpha value is -3.33. The molecule has 122 valence electrons. The quantitative estimate of drug-likeness (QED) is 0.446. The molecule has 0 spiro atoms. The summed E-state index contributed by atoms with van der Waals surface area (Å²) < 4.78 is 0. The lowest BCUT2D eigenvalue weighted by atomic mass is 10.1. The molecular weight excluding hydrogens is 306 g/mol. The van der Waals surface area contributed by atoms with Crippen molar-refractivity contribution in [1.82, 2.24) is 4.98 Å². The van der Waals surface area contributed by atoms with Crippen molar-refractivity contribution in [1.29, 1.82) is 0 Å². The van der Waals surface area contributed by atoms with Crippen LogP contribution in [0.2, 0.25) is 0 Å². The number of para-hydroxylation sites is 2. The Labute approximate surface area is 147 Å². The average Bonchev–Trinajstić information content (AvgIpc) is 2.97. The van der Waals surface area contributed by atoms with Crippen LogP contribution in [0.15, 0.2) is 83.9 Å².